The summed E-state index contributed by atoms with van der Waals surface area (Å²) < 4.78 is 53.4. The predicted octanol–water partition coefficient (Wildman–Crippen LogP) is 4.53. The van der Waals surface area contributed by atoms with Crippen LogP contribution in [0.25, 0.3) is 0 Å². The highest BCUT2D eigenvalue weighted by Crippen LogP contribution is 2.34. The number of piperidine rings is 1. The van der Waals surface area contributed by atoms with Gasteiger partial charge in [0.05, 0.1) is 16.7 Å². The summed E-state index contributed by atoms with van der Waals surface area (Å²) in [7, 11) is 0. The third-order valence-corrected chi connectivity index (χ3v) is 4.99. The Labute approximate surface area is 169 Å². The van der Waals surface area contributed by atoms with E-state index in [-0.39, 0.29) is 23.7 Å². The van der Waals surface area contributed by atoms with E-state index in [4.69, 9.17) is 11.6 Å². The van der Waals surface area contributed by atoms with Crippen molar-refractivity contribution in [2.75, 3.05) is 13.1 Å². The molecule has 1 aliphatic rings. The molecule has 1 fully saturated rings. The molecule has 1 heterocycles. The molecule has 0 radical (unpaired) electrons. The number of hydrogen-bond donors (Lipinski definition) is 1. The monoisotopic (exact) mass is 428 g/mol. The third kappa shape index (κ3) is 4.87. The van der Waals surface area contributed by atoms with E-state index < -0.39 is 41.0 Å². The van der Waals surface area contributed by atoms with Gasteiger partial charge in [-0.25, -0.2) is 4.39 Å². The van der Waals surface area contributed by atoms with Gasteiger partial charge < -0.3 is 10.2 Å². The van der Waals surface area contributed by atoms with Crippen molar-refractivity contribution in [2.24, 2.45) is 0 Å². The molecule has 4 nitrogen and oxygen atoms in total. The molecule has 0 aromatic heterocycles. The Kier molecular flexibility index (Phi) is 6.12. The number of halogens is 5. The minimum Gasteiger partial charge on any atom is -0.349 e. The first-order valence-electron chi connectivity index (χ1n) is 8.88. The van der Waals surface area contributed by atoms with Crippen molar-refractivity contribution in [2.45, 2.75) is 25.1 Å². The number of alkyl halides is 3. The Morgan fingerprint density at radius 1 is 1.03 bits per heavy atom. The van der Waals surface area contributed by atoms with Gasteiger partial charge in [0.25, 0.3) is 11.8 Å². The molecule has 29 heavy (non-hydrogen) atoms. The van der Waals surface area contributed by atoms with Crippen LogP contribution in [0.2, 0.25) is 5.02 Å². The van der Waals surface area contributed by atoms with Crippen molar-refractivity contribution >= 4 is 23.4 Å². The Balaban J connectivity index is 1.64. The van der Waals surface area contributed by atoms with E-state index in [9.17, 15) is 27.2 Å². The van der Waals surface area contributed by atoms with Crippen molar-refractivity contribution in [1.29, 1.82) is 0 Å². The van der Waals surface area contributed by atoms with Crippen molar-refractivity contribution in [1.82, 2.24) is 10.2 Å². The van der Waals surface area contributed by atoms with Crippen LogP contribution in [-0.4, -0.2) is 35.8 Å². The molecule has 0 atom stereocenters. The Morgan fingerprint density at radius 2 is 1.69 bits per heavy atom. The largest absolute Gasteiger partial charge is 0.417 e. The number of nitrogens with one attached hydrogen (secondary N) is 1. The molecule has 2 aromatic carbocycles. The standard InChI is InChI=1S/C20H17ClF4N2O2/c21-12-5-6-14(16(11-12)20(23,24)25)18(28)26-13-7-9-27(10-8-13)19(29)15-3-1-2-4-17(15)22/h1-6,11,13H,7-10H2,(H,26,28). The fraction of sp³-hybridized carbons (Fsp3) is 0.300. The first-order valence-corrected chi connectivity index (χ1v) is 9.26. The van der Waals surface area contributed by atoms with Crippen LogP contribution in [0.1, 0.15) is 39.1 Å². The van der Waals surface area contributed by atoms with E-state index in [1.807, 2.05) is 0 Å². The van der Waals surface area contributed by atoms with Gasteiger partial charge in [0.1, 0.15) is 5.82 Å². The molecule has 0 aliphatic carbocycles. The summed E-state index contributed by atoms with van der Waals surface area (Å²) in [5.41, 5.74) is -1.65. The van der Waals surface area contributed by atoms with Crippen LogP contribution in [-0.2, 0) is 6.18 Å². The Morgan fingerprint density at radius 3 is 2.31 bits per heavy atom. The summed E-state index contributed by atoms with van der Waals surface area (Å²) in [6.45, 7) is 0.510. The van der Waals surface area contributed by atoms with Crippen molar-refractivity contribution < 1.29 is 27.2 Å². The van der Waals surface area contributed by atoms with E-state index in [2.05, 4.69) is 5.32 Å². The number of carbonyl (C=O) groups is 2. The number of benzene rings is 2. The van der Waals surface area contributed by atoms with Crippen LogP contribution in [0, 0.1) is 5.82 Å². The molecule has 1 saturated heterocycles. The molecule has 1 aliphatic heterocycles. The highest BCUT2D eigenvalue weighted by atomic mass is 35.5. The van der Waals surface area contributed by atoms with Gasteiger partial charge in [-0.2, -0.15) is 13.2 Å². The average Bonchev–Trinajstić information content (AvgIpc) is 2.67. The fourth-order valence-corrected chi connectivity index (χ4v) is 3.42. The lowest BCUT2D eigenvalue weighted by atomic mass is 10.0. The lowest BCUT2D eigenvalue weighted by Gasteiger charge is -2.32. The molecule has 0 bridgehead atoms. The van der Waals surface area contributed by atoms with Crippen LogP contribution >= 0.6 is 11.6 Å². The highest BCUT2D eigenvalue weighted by molar-refractivity contribution is 6.30. The lowest BCUT2D eigenvalue weighted by molar-refractivity contribution is -0.137. The zero-order valence-corrected chi connectivity index (χ0v) is 15.9. The van der Waals surface area contributed by atoms with Crippen molar-refractivity contribution in [3.8, 4) is 0 Å². The molecule has 2 amide bonds. The maximum Gasteiger partial charge on any atom is 0.417 e. The van der Waals surface area contributed by atoms with Crippen LogP contribution in [0.5, 0.6) is 0 Å². The number of amides is 2. The van der Waals surface area contributed by atoms with Crippen molar-refractivity contribution in [3.63, 3.8) is 0 Å². The quantitative estimate of drug-likeness (QED) is 0.730. The summed E-state index contributed by atoms with van der Waals surface area (Å²) in [4.78, 5) is 26.3. The summed E-state index contributed by atoms with van der Waals surface area (Å²) >= 11 is 5.63. The first-order chi connectivity index (χ1) is 13.7. The first kappa shape index (κ1) is 21.1. The summed E-state index contributed by atoms with van der Waals surface area (Å²) in [5, 5.41) is 2.47. The smallest absolute Gasteiger partial charge is 0.349 e. The van der Waals surface area contributed by atoms with Gasteiger partial charge in [-0.05, 0) is 43.2 Å². The second-order valence-corrected chi connectivity index (χ2v) is 7.14. The van der Waals surface area contributed by atoms with E-state index in [0.717, 1.165) is 6.07 Å². The zero-order chi connectivity index (χ0) is 21.2. The fourth-order valence-electron chi connectivity index (χ4n) is 3.24. The minimum atomic E-state index is -4.72. The normalized spacial score (nSPS) is 15.3. The minimum absolute atomic E-state index is 0.0361. The molecule has 9 heteroatoms. The number of carbonyl (C=O) groups excluding carboxylic acids is 2. The lowest BCUT2D eigenvalue weighted by Crippen LogP contribution is -2.47. The molecule has 0 unspecified atom stereocenters. The maximum atomic E-state index is 13.8. The third-order valence-electron chi connectivity index (χ3n) is 4.75. The molecule has 2 aromatic rings. The highest BCUT2D eigenvalue weighted by Gasteiger charge is 2.36. The molecular formula is C20H17ClF4N2O2. The van der Waals surface area contributed by atoms with Gasteiger partial charge in [0.2, 0.25) is 0 Å². The SMILES string of the molecule is O=C(NC1CCN(C(=O)c2ccccc2F)CC1)c1ccc(Cl)cc1C(F)(F)F. The molecule has 0 spiro atoms. The predicted molar refractivity (Wildman–Crippen MR) is 99.2 cm³/mol. The average molecular weight is 429 g/mol. The zero-order valence-electron chi connectivity index (χ0n) is 15.1. The van der Waals surface area contributed by atoms with E-state index in [0.29, 0.717) is 18.9 Å². The topological polar surface area (TPSA) is 49.4 Å². The molecule has 3 rings (SSSR count). The van der Waals surface area contributed by atoms with Gasteiger partial charge in [0.15, 0.2) is 0 Å². The van der Waals surface area contributed by atoms with Gasteiger partial charge in [0, 0.05) is 24.2 Å². The van der Waals surface area contributed by atoms with E-state index >= 15 is 0 Å². The van der Waals surface area contributed by atoms with Crippen LogP contribution in [0.3, 0.4) is 0 Å². The van der Waals surface area contributed by atoms with Crippen LogP contribution in [0.15, 0.2) is 42.5 Å². The second kappa shape index (κ2) is 8.41. The Hall–Kier alpha value is -2.61. The summed E-state index contributed by atoms with van der Waals surface area (Å²) in [5.74, 6) is -1.92. The van der Waals surface area contributed by atoms with Gasteiger partial charge in [-0.3, -0.25) is 9.59 Å². The maximum absolute atomic E-state index is 13.8. The van der Waals surface area contributed by atoms with E-state index in [1.165, 1.54) is 29.2 Å². The number of rotatable bonds is 3. The van der Waals surface area contributed by atoms with Gasteiger partial charge >= 0.3 is 6.18 Å². The molecular weight excluding hydrogens is 412 g/mol. The van der Waals surface area contributed by atoms with Crippen molar-refractivity contribution in [3.05, 3.63) is 70.0 Å². The number of hydrogen-bond acceptors (Lipinski definition) is 2. The van der Waals surface area contributed by atoms with Crippen LogP contribution in [0.4, 0.5) is 17.6 Å². The second-order valence-electron chi connectivity index (χ2n) is 6.71. The Bertz CT molecular complexity index is 925. The summed E-state index contributed by atoms with van der Waals surface area (Å²) in [6.07, 6.45) is -4.02. The van der Waals surface area contributed by atoms with E-state index in [1.54, 1.807) is 6.07 Å². The molecule has 0 saturated carbocycles. The summed E-state index contributed by atoms with van der Waals surface area (Å²) in [6, 6.07) is 8.22. The number of nitrogens with zero attached hydrogens (tertiary/aromatic N) is 1. The number of likely N-dealkylation sites (tertiary alicyclic amines) is 1. The molecule has 154 valence electrons. The van der Waals surface area contributed by atoms with Gasteiger partial charge in [-0.1, -0.05) is 23.7 Å². The van der Waals surface area contributed by atoms with Crippen LogP contribution < -0.4 is 5.32 Å². The van der Waals surface area contributed by atoms with Gasteiger partial charge in [-0.15, -0.1) is 0 Å². The molecule has 1 N–H and O–H groups in total.